The standard InChI is InChI=1S/C14H26N4O2/c1-3-5-16-13(19)11-17-6-8-18(9-7-17)14(20)12(4-2)10-15/h3,12H,1,4-11,15H2,2H3,(H,16,19). The lowest BCUT2D eigenvalue weighted by Crippen LogP contribution is -2.52. The normalized spacial score (nSPS) is 17.6. The van der Waals surface area contributed by atoms with Crippen LogP contribution in [0.5, 0.6) is 0 Å². The van der Waals surface area contributed by atoms with E-state index in [1.54, 1.807) is 6.08 Å². The van der Waals surface area contributed by atoms with Crippen molar-refractivity contribution >= 4 is 11.8 Å². The molecule has 0 aromatic rings. The van der Waals surface area contributed by atoms with Crippen LogP contribution in [0.2, 0.25) is 0 Å². The van der Waals surface area contributed by atoms with Crippen LogP contribution in [-0.4, -0.2) is 67.4 Å². The van der Waals surface area contributed by atoms with Gasteiger partial charge in [0.2, 0.25) is 11.8 Å². The molecule has 6 nitrogen and oxygen atoms in total. The molecule has 0 aliphatic carbocycles. The van der Waals surface area contributed by atoms with E-state index in [1.807, 2.05) is 11.8 Å². The lowest BCUT2D eigenvalue weighted by molar-refractivity contribution is -0.137. The highest BCUT2D eigenvalue weighted by atomic mass is 16.2. The van der Waals surface area contributed by atoms with Gasteiger partial charge in [0.1, 0.15) is 0 Å². The molecule has 1 aliphatic heterocycles. The summed E-state index contributed by atoms with van der Waals surface area (Å²) < 4.78 is 0. The van der Waals surface area contributed by atoms with Crippen molar-refractivity contribution in [2.24, 2.45) is 11.7 Å². The molecule has 1 saturated heterocycles. The molecule has 1 heterocycles. The maximum Gasteiger partial charge on any atom is 0.234 e. The Kier molecular flexibility index (Phi) is 7.25. The molecule has 1 rings (SSSR count). The number of nitrogens with one attached hydrogen (secondary N) is 1. The second kappa shape index (κ2) is 8.71. The van der Waals surface area contributed by atoms with E-state index < -0.39 is 0 Å². The summed E-state index contributed by atoms with van der Waals surface area (Å²) in [5.74, 6) is 0.0706. The number of rotatable bonds is 7. The van der Waals surface area contributed by atoms with Crippen LogP contribution in [0.1, 0.15) is 13.3 Å². The zero-order chi connectivity index (χ0) is 15.0. The Bertz CT molecular complexity index is 334. The van der Waals surface area contributed by atoms with Gasteiger partial charge in [0.05, 0.1) is 12.5 Å². The number of hydrogen-bond donors (Lipinski definition) is 2. The van der Waals surface area contributed by atoms with Crippen LogP contribution >= 0.6 is 0 Å². The average Bonchev–Trinajstić information content (AvgIpc) is 2.47. The third kappa shape index (κ3) is 4.94. The number of carbonyl (C=O) groups is 2. The van der Waals surface area contributed by atoms with Gasteiger partial charge in [-0.25, -0.2) is 0 Å². The second-order valence-electron chi connectivity index (χ2n) is 5.04. The predicted molar refractivity (Wildman–Crippen MR) is 79.1 cm³/mol. The third-order valence-electron chi connectivity index (χ3n) is 3.62. The van der Waals surface area contributed by atoms with Crippen LogP contribution in [0, 0.1) is 5.92 Å². The molecule has 114 valence electrons. The Morgan fingerprint density at radius 1 is 1.35 bits per heavy atom. The Labute approximate surface area is 121 Å². The minimum absolute atomic E-state index is 0.00179. The Balaban J connectivity index is 2.34. The molecule has 3 N–H and O–H groups in total. The first-order valence-electron chi connectivity index (χ1n) is 7.21. The Morgan fingerprint density at radius 2 is 2.00 bits per heavy atom. The summed E-state index contributed by atoms with van der Waals surface area (Å²) in [5.41, 5.74) is 5.61. The van der Waals surface area contributed by atoms with Gasteiger partial charge in [-0.2, -0.15) is 0 Å². The van der Waals surface area contributed by atoms with E-state index in [4.69, 9.17) is 5.73 Å². The summed E-state index contributed by atoms with van der Waals surface area (Å²) in [5, 5.41) is 2.75. The number of piperazine rings is 1. The van der Waals surface area contributed by atoms with Gasteiger partial charge in [-0.3, -0.25) is 14.5 Å². The molecule has 0 aromatic heterocycles. The molecule has 0 spiro atoms. The first-order valence-corrected chi connectivity index (χ1v) is 7.21. The van der Waals surface area contributed by atoms with E-state index in [0.29, 0.717) is 32.7 Å². The van der Waals surface area contributed by atoms with Gasteiger partial charge in [-0.05, 0) is 6.42 Å². The summed E-state index contributed by atoms with van der Waals surface area (Å²) in [6.45, 7) is 9.62. The smallest absolute Gasteiger partial charge is 0.234 e. The number of nitrogens with zero attached hydrogens (tertiary/aromatic N) is 2. The van der Waals surface area contributed by atoms with Gasteiger partial charge in [-0.1, -0.05) is 13.0 Å². The lowest BCUT2D eigenvalue weighted by atomic mass is 10.0. The number of hydrogen-bond acceptors (Lipinski definition) is 4. The van der Waals surface area contributed by atoms with E-state index in [9.17, 15) is 9.59 Å². The fraction of sp³-hybridized carbons (Fsp3) is 0.714. The summed E-state index contributed by atoms with van der Waals surface area (Å²) in [4.78, 5) is 27.7. The van der Waals surface area contributed by atoms with Gasteiger partial charge in [-0.15, -0.1) is 6.58 Å². The van der Waals surface area contributed by atoms with E-state index in [2.05, 4.69) is 16.8 Å². The predicted octanol–water partition coefficient (Wildman–Crippen LogP) is -0.582. The van der Waals surface area contributed by atoms with E-state index >= 15 is 0 Å². The molecule has 0 radical (unpaired) electrons. The van der Waals surface area contributed by atoms with Crippen molar-refractivity contribution in [3.8, 4) is 0 Å². The highest BCUT2D eigenvalue weighted by Gasteiger charge is 2.26. The maximum absolute atomic E-state index is 12.2. The molecular weight excluding hydrogens is 256 g/mol. The first kappa shape index (κ1) is 16.7. The summed E-state index contributed by atoms with van der Waals surface area (Å²) in [7, 11) is 0. The molecular formula is C14H26N4O2. The molecule has 0 bridgehead atoms. The molecule has 1 fully saturated rings. The minimum atomic E-state index is -0.0718. The quantitative estimate of drug-likeness (QED) is 0.612. The molecule has 1 atom stereocenters. The summed E-state index contributed by atoms with van der Waals surface area (Å²) in [6, 6.07) is 0. The van der Waals surface area contributed by atoms with Crippen molar-refractivity contribution in [1.29, 1.82) is 0 Å². The van der Waals surface area contributed by atoms with Crippen LogP contribution in [0.4, 0.5) is 0 Å². The molecule has 1 aliphatic rings. The van der Waals surface area contributed by atoms with E-state index in [-0.39, 0.29) is 17.7 Å². The van der Waals surface area contributed by atoms with Gasteiger partial charge in [0.25, 0.3) is 0 Å². The molecule has 0 aromatic carbocycles. The van der Waals surface area contributed by atoms with Gasteiger partial charge >= 0.3 is 0 Å². The largest absolute Gasteiger partial charge is 0.352 e. The molecule has 6 heteroatoms. The molecule has 20 heavy (non-hydrogen) atoms. The molecule has 0 saturated carbocycles. The lowest BCUT2D eigenvalue weighted by Gasteiger charge is -2.35. The Hall–Kier alpha value is -1.40. The molecule has 2 amide bonds. The summed E-state index contributed by atoms with van der Waals surface area (Å²) in [6.07, 6.45) is 2.44. The van der Waals surface area contributed by atoms with Crippen LogP contribution in [-0.2, 0) is 9.59 Å². The fourth-order valence-electron chi connectivity index (χ4n) is 2.27. The van der Waals surface area contributed by atoms with Crippen LogP contribution in [0.15, 0.2) is 12.7 Å². The number of carbonyl (C=O) groups excluding carboxylic acids is 2. The van der Waals surface area contributed by atoms with Gasteiger partial charge in [0, 0.05) is 39.3 Å². The SMILES string of the molecule is C=CCNC(=O)CN1CCN(C(=O)C(CC)CN)CC1. The molecule has 1 unspecified atom stereocenters. The zero-order valence-corrected chi connectivity index (χ0v) is 12.3. The average molecular weight is 282 g/mol. The highest BCUT2D eigenvalue weighted by Crippen LogP contribution is 2.09. The van der Waals surface area contributed by atoms with Gasteiger partial charge < -0.3 is 16.0 Å². The number of amides is 2. The second-order valence-corrected chi connectivity index (χ2v) is 5.04. The van der Waals surface area contributed by atoms with Crippen molar-refractivity contribution in [3.63, 3.8) is 0 Å². The minimum Gasteiger partial charge on any atom is -0.352 e. The zero-order valence-electron chi connectivity index (χ0n) is 12.3. The van der Waals surface area contributed by atoms with E-state index in [0.717, 1.165) is 19.5 Å². The van der Waals surface area contributed by atoms with Crippen LogP contribution < -0.4 is 11.1 Å². The summed E-state index contributed by atoms with van der Waals surface area (Å²) >= 11 is 0. The van der Waals surface area contributed by atoms with Crippen LogP contribution in [0.3, 0.4) is 0 Å². The topological polar surface area (TPSA) is 78.7 Å². The monoisotopic (exact) mass is 282 g/mol. The van der Waals surface area contributed by atoms with E-state index in [1.165, 1.54) is 0 Å². The fourth-order valence-corrected chi connectivity index (χ4v) is 2.27. The van der Waals surface area contributed by atoms with Crippen molar-refractivity contribution in [3.05, 3.63) is 12.7 Å². The first-order chi connectivity index (χ1) is 9.62. The van der Waals surface area contributed by atoms with Crippen molar-refractivity contribution in [1.82, 2.24) is 15.1 Å². The Morgan fingerprint density at radius 3 is 2.50 bits per heavy atom. The van der Waals surface area contributed by atoms with Crippen LogP contribution in [0.25, 0.3) is 0 Å². The van der Waals surface area contributed by atoms with Crippen molar-refractivity contribution in [2.75, 3.05) is 45.8 Å². The van der Waals surface area contributed by atoms with Gasteiger partial charge in [0.15, 0.2) is 0 Å². The van der Waals surface area contributed by atoms with Crippen molar-refractivity contribution < 1.29 is 9.59 Å². The highest BCUT2D eigenvalue weighted by molar-refractivity contribution is 5.79. The van der Waals surface area contributed by atoms with Crippen molar-refractivity contribution in [2.45, 2.75) is 13.3 Å². The number of nitrogens with two attached hydrogens (primary N) is 1. The maximum atomic E-state index is 12.2. The third-order valence-corrected chi connectivity index (χ3v) is 3.62.